The minimum Gasteiger partial charge on any atom is -0.492 e. The molecule has 3 aromatic rings. The van der Waals surface area contributed by atoms with Crippen molar-refractivity contribution in [2.45, 2.75) is 13.5 Å². The lowest BCUT2D eigenvalue weighted by Gasteiger charge is -2.13. The molecule has 0 radical (unpaired) electrons. The molecule has 0 aliphatic heterocycles. The summed E-state index contributed by atoms with van der Waals surface area (Å²) >= 11 is 0. The van der Waals surface area contributed by atoms with E-state index in [0.29, 0.717) is 19.7 Å². The molecule has 0 aliphatic carbocycles. The monoisotopic (exact) mass is 364 g/mol. The Labute approximate surface area is 159 Å². The van der Waals surface area contributed by atoms with Crippen LogP contribution in [-0.2, 0) is 6.54 Å². The number of aliphatic imine (C=N–C) groups is 1. The van der Waals surface area contributed by atoms with Gasteiger partial charge in [0.15, 0.2) is 11.8 Å². The lowest BCUT2D eigenvalue weighted by molar-refractivity contribution is 0.322. The summed E-state index contributed by atoms with van der Waals surface area (Å²) in [6.45, 7) is 3.90. The zero-order valence-corrected chi connectivity index (χ0v) is 15.6. The fourth-order valence-electron chi connectivity index (χ4n) is 2.48. The third-order valence-electron chi connectivity index (χ3n) is 3.92. The Morgan fingerprint density at radius 1 is 1.15 bits per heavy atom. The van der Waals surface area contributed by atoms with Crippen molar-refractivity contribution >= 4 is 5.96 Å². The standard InChI is InChI=1S/C20H24N6O/c1-16-4-6-18(7-5-16)27-13-11-23-20(21-2)24-15-17-8-10-22-19(14-17)26-12-3-9-25-26/h3-10,12,14H,11,13,15H2,1-2H3,(H2,21,23,24). The van der Waals surface area contributed by atoms with E-state index in [2.05, 4.69) is 32.6 Å². The van der Waals surface area contributed by atoms with Gasteiger partial charge in [0, 0.05) is 32.2 Å². The summed E-state index contributed by atoms with van der Waals surface area (Å²) in [5.74, 6) is 2.38. The molecule has 0 amide bonds. The predicted molar refractivity (Wildman–Crippen MR) is 106 cm³/mol. The van der Waals surface area contributed by atoms with E-state index in [-0.39, 0.29) is 0 Å². The van der Waals surface area contributed by atoms with Gasteiger partial charge in [-0.05, 0) is 42.8 Å². The molecular formula is C20H24N6O. The van der Waals surface area contributed by atoms with Crippen molar-refractivity contribution in [3.63, 3.8) is 0 Å². The highest BCUT2D eigenvalue weighted by molar-refractivity contribution is 5.79. The second-order valence-corrected chi connectivity index (χ2v) is 5.99. The second kappa shape index (κ2) is 9.38. The SMILES string of the molecule is CN=C(NCCOc1ccc(C)cc1)NCc1ccnc(-n2cccn2)c1. The van der Waals surface area contributed by atoms with E-state index in [1.807, 2.05) is 48.7 Å². The van der Waals surface area contributed by atoms with Crippen LogP contribution in [0.4, 0.5) is 0 Å². The maximum atomic E-state index is 5.71. The number of nitrogens with one attached hydrogen (secondary N) is 2. The topological polar surface area (TPSA) is 76.4 Å². The van der Waals surface area contributed by atoms with Crippen molar-refractivity contribution in [3.05, 3.63) is 72.2 Å². The average Bonchev–Trinajstić information content (AvgIpc) is 3.24. The quantitative estimate of drug-likeness (QED) is 0.382. The molecule has 0 bridgehead atoms. The van der Waals surface area contributed by atoms with Crippen molar-refractivity contribution in [1.82, 2.24) is 25.4 Å². The van der Waals surface area contributed by atoms with E-state index in [4.69, 9.17) is 4.74 Å². The van der Waals surface area contributed by atoms with Gasteiger partial charge in [0.05, 0.1) is 6.54 Å². The third kappa shape index (κ3) is 5.57. The molecule has 2 N–H and O–H groups in total. The van der Waals surface area contributed by atoms with Gasteiger partial charge < -0.3 is 15.4 Å². The number of guanidine groups is 1. The van der Waals surface area contributed by atoms with Crippen molar-refractivity contribution in [2.24, 2.45) is 4.99 Å². The van der Waals surface area contributed by atoms with Crippen LogP contribution >= 0.6 is 0 Å². The Morgan fingerprint density at radius 3 is 2.74 bits per heavy atom. The van der Waals surface area contributed by atoms with E-state index >= 15 is 0 Å². The molecule has 2 aromatic heterocycles. The highest BCUT2D eigenvalue weighted by Gasteiger charge is 2.02. The zero-order valence-electron chi connectivity index (χ0n) is 15.6. The van der Waals surface area contributed by atoms with Gasteiger partial charge in [0.2, 0.25) is 0 Å². The fraction of sp³-hybridized carbons (Fsp3) is 0.250. The first kappa shape index (κ1) is 18.4. The number of pyridine rings is 1. The lowest BCUT2D eigenvalue weighted by Crippen LogP contribution is -2.38. The second-order valence-electron chi connectivity index (χ2n) is 5.99. The minimum absolute atomic E-state index is 0.558. The molecule has 0 unspecified atom stereocenters. The van der Waals surface area contributed by atoms with Gasteiger partial charge in [-0.3, -0.25) is 4.99 Å². The molecule has 27 heavy (non-hydrogen) atoms. The number of hydrogen-bond acceptors (Lipinski definition) is 4. The van der Waals surface area contributed by atoms with Crippen molar-refractivity contribution < 1.29 is 4.74 Å². The first-order valence-electron chi connectivity index (χ1n) is 8.83. The Bertz CT molecular complexity index is 858. The van der Waals surface area contributed by atoms with Crippen LogP contribution in [0.2, 0.25) is 0 Å². The largest absolute Gasteiger partial charge is 0.492 e. The summed E-state index contributed by atoms with van der Waals surface area (Å²) < 4.78 is 7.45. The summed E-state index contributed by atoms with van der Waals surface area (Å²) in [5.41, 5.74) is 2.31. The van der Waals surface area contributed by atoms with Gasteiger partial charge in [0.25, 0.3) is 0 Å². The Kier molecular flexibility index (Phi) is 6.40. The maximum absolute atomic E-state index is 5.71. The molecule has 0 saturated heterocycles. The molecule has 0 atom stereocenters. The number of aromatic nitrogens is 3. The first-order valence-corrected chi connectivity index (χ1v) is 8.83. The summed E-state index contributed by atoms with van der Waals surface area (Å²) in [7, 11) is 1.75. The highest BCUT2D eigenvalue weighted by atomic mass is 16.5. The smallest absolute Gasteiger partial charge is 0.191 e. The number of ether oxygens (including phenoxy) is 1. The van der Waals surface area contributed by atoms with E-state index in [9.17, 15) is 0 Å². The van der Waals surface area contributed by atoms with Crippen LogP contribution in [0.1, 0.15) is 11.1 Å². The number of aryl methyl sites for hydroxylation is 1. The van der Waals surface area contributed by atoms with Gasteiger partial charge in [-0.1, -0.05) is 17.7 Å². The molecule has 140 valence electrons. The molecule has 0 fully saturated rings. The van der Waals surface area contributed by atoms with Gasteiger partial charge >= 0.3 is 0 Å². The van der Waals surface area contributed by atoms with Crippen molar-refractivity contribution in [2.75, 3.05) is 20.2 Å². The van der Waals surface area contributed by atoms with Crippen molar-refractivity contribution in [1.29, 1.82) is 0 Å². The summed E-state index contributed by atoms with van der Waals surface area (Å²) in [4.78, 5) is 8.57. The maximum Gasteiger partial charge on any atom is 0.191 e. The molecule has 7 heteroatoms. The van der Waals surface area contributed by atoms with E-state index in [0.717, 1.165) is 23.1 Å². The fourth-order valence-corrected chi connectivity index (χ4v) is 2.48. The summed E-state index contributed by atoms with van der Waals surface area (Å²) in [5, 5.41) is 10.7. The highest BCUT2D eigenvalue weighted by Crippen LogP contribution is 2.10. The van der Waals surface area contributed by atoms with Crippen LogP contribution in [0.3, 0.4) is 0 Å². The lowest BCUT2D eigenvalue weighted by atomic mass is 10.2. The number of benzene rings is 1. The van der Waals surface area contributed by atoms with Crippen LogP contribution in [0.15, 0.2) is 66.0 Å². The molecular weight excluding hydrogens is 340 g/mol. The Hall–Kier alpha value is -3.35. The zero-order chi connectivity index (χ0) is 18.9. The molecule has 0 spiro atoms. The average molecular weight is 364 g/mol. The van der Waals surface area contributed by atoms with E-state index < -0.39 is 0 Å². The van der Waals surface area contributed by atoms with Crippen LogP contribution in [0, 0.1) is 6.92 Å². The molecule has 2 heterocycles. The van der Waals surface area contributed by atoms with Crippen LogP contribution in [0.5, 0.6) is 5.75 Å². The summed E-state index contributed by atoms with van der Waals surface area (Å²) in [6.07, 6.45) is 5.38. The minimum atomic E-state index is 0.558. The number of nitrogens with zero attached hydrogens (tertiary/aromatic N) is 4. The molecule has 0 saturated carbocycles. The van der Waals surface area contributed by atoms with Crippen LogP contribution in [-0.4, -0.2) is 40.9 Å². The normalized spacial score (nSPS) is 11.3. The first-order chi connectivity index (χ1) is 13.2. The van der Waals surface area contributed by atoms with E-state index in [1.54, 1.807) is 24.1 Å². The Morgan fingerprint density at radius 2 is 2.00 bits per heavy atom. The Balaban J connectivity index is 1.44. The molecule has 7 nitrogen and oxygen atoms in total. The number of hydrogen-bond donors (Lipinski definition) is 2. The number of rotatable bonds is 7. The van der Waals surface area contributed by atoms with Crippen LogP contribution in [0.25, 0.3) is 5.82 Å². The third-order valence-corrected chi connectivity index (χ3v) is 3.92. The predicted octanol–water partition coefficient (Wildman–Crippen LogP) is 2.32. The summed E-state index contributed by atoms with van der Waals surface area (Å²) in [6, 6.07) is 13.9. The molecule has 0 aliphatic rings. The molecule has 1 aromatic carbocycles. The van der Waals surface area contributed by atoms with Crippen molar-refractivity contribution in [3.8, 4) is 11.6 Å². The van der Waals surface area contributed by atoms with Gasteiger partial charge in [-0.15, -0.1) is 0 Å². The van der Waals surface area contributed by atoms with Crippen LogP contribution < -0.4 is 15.4 Å². The van der Waals surface area contributed by atoms with Gasteiger partial charge in [-0.2, -0.15) is 5.10 Å². The van der Waals surface area contributed by atoms with E-state index in [1.165, 1.54) is 5.56 Å². The molecule has 3 rings (SSSR count). The van der Waals surface area contributed by atoms with Gasteiger partial charge in [0.1, 0.15) is 12.4 Å². The van der Waals surface area contributed by atoms with Gasteiger partial charge in [-0.25, -0.2) is 9.67 Å².